The molecule has 0 fully saturated rings. The molecule has 2 N–H and O–H groups in total. The molecule has 0 unspecified atom stereocenters. The monoisotopic (exact) mass is 609 g/mol. The second-order valence-electron chi connectivity index (χ2n) is 10.6. The first-order chi connectivity index (χ1) is 20.6. The maximum Gasteiger partial charge on any atom is 0.303 e. The van der Waals surface area contributed by atoms with E-state index < -0.39 is 11.9 Å². The number of carboxylic acids is 2. The first-order valence-electron chi connectivity index (χ1n) is 14.6. The van der Waals surface area contributed by atoms with Crippen molar-refractivity contribution in [1.29, 1.82) is 0 Å². The number of aryl methyl sites for hydroxylation is 1. The molecule has 3 aromatic rings. The summed E-state index contributed by atoms with van der Waals surface area (Å²) in [4.78, 5) is 36.3. The Bertz CT molecular complexity index is 1390. The van der Waals surface area contributed by atoms with Gasteiger partial charge in [0.2, 0.25) is 0 Å². The second kappa shape index (κ2) is 17.2. The summed E-state index contributed by atoms with van der Waals surface area (Å²) >= 11 is 6.20. The van der Waals surface area contributed by atoms with Gasteiger partial charge in [-0.05, 0) is 90.8 Å². The largest absolute Gasteiger partial charge is 0.494 e. The van der Waals surface area contributed by atoms with Gasteiger partial charge in [-0.15, -0.1) is 0 Å². The Labute approximate surface area is 258 Å². The van der Waals surface area contributed by atoms with Crippen LogP contribution < -0.4 is 9.47 Å². The number of hydrogen-bond acceptors (Lipinski definition) is 5. The van der Waals surface area contributed by atoms with E-state index in [1.807, 2.05) is 54.6 Å². The van der Waals surface area contributed by atoms with Gasteiger partial charge < -0.3 is 24.6 Å². The fourth-order valence-corrected chi connectivity index (χ4v) is 4.95. The topological polar surface area (TPSA) is 113 Å². The number of rotatable bonds is 18. The molecule has 0 aliphatic rings. The number of unbranched alkanes of at least 4 members (excludes halogenated alkanes) is 3. The van der Waals surface area contributed by atoms with Gasteiger partial charge in [0.05, 0.1) is 13.2 Å². The Hall–Kier alpha value is -4.04. The van der Waals surface area contributed by atoms with Crippen molar-refractivity contribution in [3.05, 3.63) is 82.4 Å². The number of halogens is 1. The molecule has 3 rings (SSSR count). The Kier molecular flexibility index (Phi) is 13.4. The lowest BCUT2D eigenvalue weighted by Gasteiger charge is -2.16. The van der Waals surface area contributed by atoms with Crippen LogP contribution in [-0.2, 0) is 22.4 Å². The van der Waals surface area contributed by atoms with E-state index in [0.717, 1.165) is 54.4 Å². The van der Waals surface area contributed by atoms with Crippen molar-refractivity contribution in [3.63, 3.8) is 0 Å². The number of carbonyl (C=O) groups excluding carboxylic acids is 1. The molecule has 0 bridgehead atoms. The van der Waals surface area contributed by atoms with E-state index in [9.17, 15) is 19.5 Å². The standard InChI is InChI=1S/C34H40ClNO7/c1-36(2)34(41)27-20-26(25-12-7-13-28(35)21-25)22-29(23-27)42-18-6-4-3-5-10-24-11-8-14-31(30(24)16-17-33(39)40)43-19-9-15-32(37)38/h7-8,11-14,20-23H,3-6,9-10,15-19H2,1-2H3,(H,37,38)(H,39,40). The van der Waals surface area contributed by atoms with Crippen LogP contribution in [0.1, 0.15) is 66.4 Å². The van der Waals surface area contributed by atoms with Crippen LogP contribution in [0.5, 0.6) is 11.5 Å². The molecule has 0 spiro atoms. The van der Waals surface area contributed by atoms with E-state index in [1.165, 1.54) is 4.90 Å². The Morgan fingerprint density at radius 1 is 0.744 bits per heavy atom. The average molecular weight is 610 g/mol. The first-order valence-corrected chi connectivity index (χ1v) is 14.9. The third kappa shape index (κ3) is 11.3. The van der Waals surface area contributed by atoms with Gasteiger partial charge in [0.25, 0.3) is 5.91 Å². The first kappa shape index (κ1) is 33.5. The molecule has 0 saturated heterocycles. The third-order valence-electron chi connectivity index (χ3n) is 6.94. The fraction of sp³-hybridized carbons (Fsp3) is 0.382. The molecule has 0 aliphatic heterocycles. The van der Waals surface area contributed by atoms with Crippen molar-refractivity contribution in [2.24, 2.45) is 0 Å². The lowest BCUT2D eigenvalue weighted by Crippen LogP contribution is -2.21. The molecule has 0 saturated carbocycles. The number of carboxylic acid groups (broad SMARTS) is 2. The molecule has 0 radical (unpaired) electrons. The van der Waals surface area contributed by atoms with Gasteiger partial charge in [-0.3, -0.25) is 14.4 Å². The van der Waals surface area contributed by atoms with Gasteiger partial charge in [-0.2, -0.15) is 0 Å². The predicted molar refractivity (Wildman–Crippen MR) is 167 cm³/mol. The summed E-state index contributed by atoms with van der Waals surface area (Å²) in [5.41, 5.74) is 4.25. The quantitative estimate of drug-likeness (QED) is 0.147. The Balaban J connectivity index is 1.54. The summed E-state index contributed by atoms with van der Waals surface area (Å²) in [5, 5.41) is 18.7. The van der Waals surface area contributed by atoms with Crippen LogP contribution in [0.3, 0.4) is 0 Å². The summed E-state index contributed by atoms with van der Waals surface area (Å²) in [6.45, 7) is 0.779. The zero-order chi connectivity index (χ0) is 31.2. The Morgan fingerprint density at radius 2 is 1.47 bits per heavy atom. The van der Waals surface area contributed by atoms with Crippen molar-refractivity contribution < 1.29 is 34.1 Å². The zero-order valence-electron chi connectivity index (χ0n) is 24.8. The average Bonchev–Trinajstić information content (AvgIpc) is 2.97. The number of carbonyl (C=O) groups is 3. The summed E-state index contributed by atoms with van der Waals surface area (Å²) in [5.74, 6) is -0.589. The van der Waals surface area contributed by atoms with E-state index in [4.69, 9.17) is 26.2 Å². The van der Waals surface area contributed by atoms with Gasteiger partial charge in [0, 0.05) is 37.5 Å². The SMILES string of the molecule is CN(C)C(=O)c1cc(OCCCCCCc2cccc(OCCCC(=O)O)c2CCC(=O)O)cc(-c2cccc(Cl)c2)c1. The Morgan fingerprint density at radius 3 is 2.19 bits per heavy atom. The molecular weight excluding hydrogens is 570 g/mol. The van der Waals surface area contributed by atoms with E-state index in [-0.39, 0.29) is 25.4 Å². The van der Waals surface area contributed by atoms with E-state index >= 15 is 0 Å². The van der Waals surface area contributed by atoms with Crippen LogP contribution in [0.25, 0.3) is 11.1 Å². The molecule has 0 aliphatic carbocycles. The van der Waals surface area contributed by atoms with Crippen molar-refractivity contribution in [3.8, 4) is 22.6 Å². The summed E-state index contributed by atoms with van der Waals surface area (Å²) in [6.07, 6.45) is 5.26. The summed E-state index contributed by atoms with van der Waals surface area (Å²) in [6, 6.07) is 18.8. The highest BCUT2D eigenvalue weighted by atomic mass is 35.5. The normalized spacial score (nSPS) is 10.8. The van der Waals surface area contributed by atoms with Crippen molar-refractivity contribution in [2.45, 2.75) is 57.8 Å². The number of aliphatic carboxylic acids is 2. The predicted octanol–water partition coefficient (Wildman–Crippen LogP) is 7.15. The van der Waals surface area contributed by atoms with E-state index in [2.05, 4.69) is 0 Å². The molecule has 9 heteroatoms. The molecule has 0 aromatic heterocycles. The lowest BCUT2D eigenvalue weighted by atomic mass is 9.97. The number of hydrogen-bond donors (Lipinski definition) is 2. The molecule has 3 aromatic carbocycles. The molecule has 43 heavy (non-hydrogen) atoms. The molecule has 1 amide bonds. The minimum absolute atomic E-state index is 0.000203. The van der Waals surface area contributed by atoms with Gasteiger partial charge in [-0.25, -0.2) is 0 Å². The highest BCUT2D eigenvalue weighted by Gasteiger charge is 2.14. The van der Waals surface area contributed by atoms with E-state index in [0.29, 0.717) is 41.5 Å². The van der Waals surface area contributed by atoms with Crippen LogP contribution >= 0.6 is 11.6 Å². The summed E-state index contributed by atoms with van der Waals surface area (Å²) < 4.78 is 11.9. The smallest absolute Gasteiger partial charge is 0.303 e. The van der Waals surface area contributed by atoms with E-state index in [1.54, 1.807) is 20.2 Å². The van der Waals surface area contributed by atoms with Gasteiger partial charge in [0.1, 0.15) is 11.5 Å². The zero-order valence-corrected chi connectivity index (χ0v) is 25.6. The highest BCUT2D eigenvalue weighted by Crippen LogP contribution is 2.29. The molecule has 0 heterocycles. The van der Waals surface area contributed by atoms with Gasteiger partial charge >= 0.3 is 11.9 Å². The highest BCUT2D eigenvalue weighted by molar-refractivity contribution is 6.30. The number of amides is 1. The molecule has 230 valence electrons. The number of ether oxygens (including phenoxy) is 2. The lowest BCUT2D eigenvalue weighted by molar-refractivity contribution is -0.138. The maximum atomic E-state index is 12.7. The second-order valence-corrected chi connectivity index (χ2v) is 11.0. The summed E-state index contributed by atoms with van der Waals surface area (Å²) in [7, 11) is 3.44. The van der Waals surface area contributed by atoms with Crippen LogP contribution in [0.2, 0.25) is 5.02 Å². The van der Waals surface area contributed by atoms with Crippen molar-refractivity contribution >= 4 is 29.4 Å². The van der Waals surface area contributed by atoms with Crippen LogP contribution in [0, 0.1) is 0 Å². The number of benzene rings is 3. The third-order valence-corrected chi connectivity index (χ3v) is 7.17. The van der Waals surface area contributed by atoms with Gasteiger partial charge in [0.15, 0.2) is 0 Å². The van der Waals surface area contributed by atoms with Crippen molar-refractivity contribution in [1.82, 2.24) is 4.90 Å². The van der Waals surface area contributed by atoms with Crippen LogP contribution in [0.4, 0.5) is 0 Å². The number of nitrogens with zero attached hydrogens (tertiary/aromatic N) is 1. The molecule has 8 nitrogen and oxygen atoms in total. The molecule has 0 atom stereocenters. The maximum absolute atomic E-state index is 12.7. The molecular formula is C34H40ClNO7. The minimum Gasteiger partial charge on any atom is -0.494 e. The van der Waals surface area contributed by atoms with Crippen LogP contribution in [0.15, 0.2) is 60.7 Å². The van der Waals surface area contributed by atoms with Gasteiger partial charge in [-0.1, -0.05) is 48.7 Å². The van der Waals surface area contributed by atoms with Crippen LogP contribution in [-0.4, -0.2) is 60.3 Å². The fourth-order valence-electron chi connectivity index (χ4n) is 4.76. The van der Waals surface area contributed by atoms with Crippen molar-refractivity contribution in [2.75, 3.05) is 27.3 Å². The minimum atomic E-state index is -0.872.